The minimum atomic E-state index is -0.594. The zero-order valence-electron chi connectivity index (χ0n) is 19.9. The van der Waals surface area contributed by atoms with Gasteiger partial charge in [0, 0.05) is 56.9 Å². The molecule has 0 aliphatic carbocycles. The number of likely N-dealkylation sites (N-methyl/N-ethyl adjacent to an activating group) is 1. The van der Waals surface area contributed by atoms with Crippen LogP contribution in [0.4, 0.5) is 4.39 Å². The van der Waals surface area contributed by atoms with Gasteiger partial charge in [-0.2, -0.15) is 0 Å². The smallest absolute Gasteiger partial charge is 0.236 e. The van der Waals surface area contributed by atoms with Crippen LogP contribution in [0.3, 0.4) is 0 Å². The monoisotopic (exact) mass is 489 g/mol. The highest BCUT2D eigenvalue weighted by Crippen LogP contribution is 2.21. The van der Waals surface area contributed by atoms with Gasteiger partial charge in [-0.3, -0.25) is 14.5 Å². The molecule has 1 amide bonds. The van der Waals surface area contributed by atoms with Crippen molar-refractivity contribution < 1.29 is 18.7 Å². The maximum absolute atomic E-state index is 14.5. The zero-order chi connectivity index (χ0) is 24.5. The van der Waals surface area contributed by atoms with Crippen LogP contribution in [-0.4, -0.2) is 86.4 Å². The molecule has 1 fully saturated rings. The van der Waals surface area contributed by atoms with Crippen LogP contribution in [0, 0.1) is 5.82 Å². The van der Waals surface area contributed by atoms with E-state index in [0.717, 1.165) is 52.0 Å². The molecule has 0 saturated carbocycles. The highest BCUT2D eigenvalue weighted by molar-refractivity contribution is 6.30. The fraction of sp³-hybridized carbons (Fsp3) is 0.462. The number of carbonyl (C=O) groups is 2. The molecule has 184 valence electrons. The van der Waals surface area contributed by atoms with E-state index in [1.165, 1.54) is 12.1 Å². The van der Waals surface area contributed by atoms with E-state index in [4.69, 9.17) is 16.3 Å². The van der Waals surface area contributed by atoms with Gasteiger partial charge in [-0.05, 0) is 62.2 Å². The molecule has 1 aliphatic rings. The Kier molecular flexibility index (Phi) is 9.86. The topological polar surface area (TPSA) is 53.1 Å². The van der Waals surface area contributed by atoms with E-state index in [-0.39, 0.29) is 17.3 Å². The van der Waals surface area contributed by atoms with Gasteiger partial charge in [0.15, 0.2) is 5.78 Å². The SMILES string of the molecule is CN(C)C(=O)CN1CCN(CCCCCOc2ccc(C(=O)c3ccc(Cl)cc3)c(F)c2)CC1. The van der Waals surface area contributed by atoms with Crippen molar-refractivity contribution >= 4 is 23.3 Å². The summed E-state index contributed by atoms with van der Waals surface area (Å²) in [4.78, 5) is 30.6. The van der Waals surface area contributed by atoms with Crippen molar-refractivity contribution in [2.75, 3.05) is 60.0 Å². The van der Waals surface area contributed by atoms with Crippen molar-refractivity contribution in [3.63, 3.8) is 0 Å². The molecule has 0 unspecified atom stereocenters. The molecule has 3 rings (SSSR count). The number of benzene rings is 2. The van der Waals surface area contributed by atoms with E-state index < -0.39 is 5.82 Å². The lowest BCUT2D eigenvalue weighted by Crippen LogP contribution is -2.49. The Morgan fingerprint density at radius 3 is 2.29 bits per heavy atom. The molecule has 2 aromatic rings. The van der Waals surface area contributed by atoms with Gasteiger partial charge in [0.1, 0.15) is 11.6 Å². The molecule has 6 nitrogen and oxygen atoms in total. The molecule has 0 aromatic heterocycles. The number of ketones is 1. The fourth-order valence-electron chi connectivity index (χ4n) is 3.83. The summed E-state index contributed by atoms with van der Waals surface area (Å²) >= 11 is 5.85. The predicted octanol–water partition coefficient (Wildman–Crippen LogP) is 3.97. The first-order chi connectivity index (χ1) is 16.3. The molecule has 2 aromatic carbocycles. The number of unbranched alkanes of at least 4 members (excludes halogenated alkanes) is 2. The van der Waals surface area contributed by atoms with Gasteiger partial charge in [0.2, 0.25) is 5.91 Å². The average Bonchev–Trinajstić information content (AvgIpc) is 2.82. The quantitative estimate of drug-likeness (QED) is 0.353. The lowest BCUT2D eigenvalue weighted by molar-refractivity contribution is -0.130. The maximum atomic E-state index is 14.5. The Balaban J connectivity index is 1.32. The molecule has 1 heterocycles. The van der Waals surface area contributed by atoms with E-state index in [1.54, 1.807) is 49.3 Å². The molecule has 0 spiro atoms. The molecule has 0 radical (unpaired) electrons. The Labute approximate surface area is 206 Å². The van der Waals surface area contributed by atoms with Gasteiger partial charge in [0.25, 0.3) is 0 Å². The molecule has 8 heteroatoms. The van der Waals surface area contributed by atoms with Gasteiger partial charge >= 0.3 is 0 Å². The number of halogens is 2. The first-order valence-corrected chi connectivity index (χ1v) is 12.1. The Hall–Kier alpha value is -2.48. The number of carbonyl (C=O) groups excluding carboxylic acids is 2. The number of nitrogens with zero attached hydrogens (tertiary/aromatic N) is 3. The van der Waals surface area contributed by atoms with E-state index in [1.807, 2.05) is 0 Å². The fourth-order valence-corrected chi connectivity index (χ4v) is 3.96. The molecule has 1 aliphatic heterocycles. The number of ether oxygens (including phenoxy) is 1. The summed E-state index contributed by atoms with van der Waals surface area (Å²) in [5, 5.41) is 0.525. The van der Waals surface area contributed by atoms with Crippen LogP contribution >= 0.6 is 11.6 Å². The molecule has 0 bridgehead atoms. The van der Waals surface area contributed by atoms with Crippen molar-refractivity contribution in [1.29, 1.82) is 0 Å². The largest absolute Gasteiger partial charge is 0.493 e. The average molecular weight is 490 g/mol. The molecular weight excluding hydrogens is 457 g/mol. The third-order valence-electron chi connectivity index (χ3n) is 6.00. The van der Waals surface area contributed by atoms with Crippen molar-refractivity contribution in [3.05, 3.63) is 64.4 Å². The Bertz CT molecular complexity index is 960. The van der Waals surface area contributed by atoms with Crippen LogP contribution in [0.1, 0.15) is 35.2 Å². The summed E-state index contributed by atoms with van der Waals surface area (Å²) in [7, 11) is 3.58. The van der Waals surface area contributed by atoms with Crippen molar-refractivity contribution in [2.24, 2.45) is 0 Å². The predicted molar refractivity (Wildman–Crippen MR) is 132 cm³/mol. The van der Waals surface area contributed by atoms with Crippen molar-refractivity contribution in [1.82, 2.24) is 14.7 Å². The second kappa shape index (κ2) is 12.8. The third kappa shape index (κ3) is 7.79. The van der Waals surface area contributed by atoms with E-state index >= 15 is 0 Å². The van der Waals surface area contributed by atoms with E-state index in [0.29, 0.717) is 29.5 Å². The third-order valence-corrected chi connectivity index (χ3v) is 6.25. The zero-order valence-corrected chi connectivity index (χ0v) is 20.7. The molecule has 1 saturated heterocycles. The normalized spacial score (nSPS) is 14.7. The van der Waals surface area contributed by atoms with Crippen LogP contribution in [0.25, 0.3) is 0 Å². The van der Waals surface area contributed by atoms with Crippen molar-refractivity contribution in [2.45, 2.75) is 19.3 Å². The van der Waals surface area contributed by atoms with Crippen LogP contribution in [-0.2, 0) is 4.79 Å². The number of rotatable bonds is 11. The standard InChI is InChI=1S/C26H33ClFN3O3/c1-29(2)25(32)19-31-15-13-30(14-16-31)12-4-3-5-17-34-22-10-11-23(24(28)18-22)26(33)20-6-8-21(27)9-7-20/h6-11,18H,3-5,12-17,19H2,1-2H3. The molecule has 34 heavy (non-hydrogen) atoms. The molecule has 0 N–H and O–H groups in total. The summed E-state index contributed by atoms with van der Waals surface area (Å²) in [6.45, 7) is 5.84. The number of amides is 1. The summed E-state index contributed by atoms with van der Waals surface area (Å²) in [6, 6.07) is 10.8. The minimum Gasteiger partial charge on any atom is -0.493 e. The second-order valence-corrected chi connectivity index (χ2v) is 9.23. The van der Waals surface area contributed by atoms with Gasteiger partial charge in [0.05, 0.1) is 18.7 Å². The van der Waals surface area contributed by atoms with Gasteiger partial charge in [-0.25, -0.2) is 4.39 Å². The summed E-state index contributed by atoms with van der Waals surface area (Å²) in [5.41, 5.74) is 0.404. The van der Waals surface area contributed by atoms with Crippen LogP contribution < -0.4 is 4.74 Å². The van der Waals surface area contributed by atoms with Crippen LogP contribution in [0.2, 0.25) is 5.02 Å². The lowest BCUT2D eigenvalue weighted by Gasteiger charge is -2.34. The summed E-state index contributed by atoms with van der Waals surface area (Å²) < 4.78 is 20.2. The maximum Gasteiger partial charge on any atom is 0.236 e. The van der Waals surface area contributed by atoms with E-state index in [9.17, 15) is 14.0 Å². The Morgan fingerprint density at radius 1 is 0.971 bits per heavy atom. The van der Waals surface area contributed by atoms with Crippen LogP contribution in [0.15, 0.2) is 42.5 Å². The van der Waals surface area contributed by atoms with Crippen LogP contribution in [0.5, 0.6) is 5.75 Å². The second-order valence-electron chi connectivity index (χ2n) is 8.79. The molecule has 0 atom stereocenters. The Morgan fingerprint density at radius 2 is 1.65 bits per heavy atom. The highest BCUT2D eigenvalue weighted by atomic mass is 35.5. The number of hydrogen-bond acceptors (Lipinski definition) is 5. The number of hydrogen-bond donors (Lipinski definition) is 0. The lowest BCUT2D eigenvalue weighted by atomic mass is 10.0. The highest BCUT2D eigenvalue weighted by Gasteiger charge is 2.19. The first-order valence-electron chi connectivity index (χ1n) is 11.7. The minimum absolute atomic E-state index is 0.0147. The molecular formula is C26H33ClFN3O3. The first kappa shape index (κ1) is 26.1. The van der Waals surface area contributed by atoms with Crippen molar-refractivity contribution in [3.8, 4) is 5.75 Å². The summed E-state index contributed by atoms with van der Waals surface area (Å²) in [5.74, 6) is -0.403. The van der Waals surface area contributed by atoms with Gasteiger partial charge in [-0.1, -0.05) is 11.6 Å². The van der Waals surface area contributed by atoms with Gasteiger partial charge < -0.3 is 14.5 Å². The van der Waals surface area contributed by atoms with Gasteiger partial charge in [-0.15, -0.1) is 0 Å². The summed E-state index contributed by atoms with van der Waals surface area (Å²) in [6.07, 6.45) is 2.97. The number of piperazine rings is 1. The van der Waals surface area contributed by atoms with E-state index in [2.05, 4.69) is 9.80 Å².